The SMILES string of the molecule is CN1C2CCCC1CC(Nc1cc(C(=O)O)c(N)cn1)C2. The van der Waals surface area contributed by atoms with Gasteiger partial charge in [-0.25, -0.2) is 9.78 Å². The second-order valence-corrected chi connectivity index (χ2v) is 6.18. The van der Waals surface area contributed by atoms with Crippen LogP contribution >= 0.6 is 0 Å². The van der Waals surface area contributed by atoms with Crippen molar-refractivity contribution in [1.82, 2.24) is 9.88 Å². The Kier molecular flexibility index (Phi) is 3.71. The predicted molar refractivity (Wildman–Crippen MR) is 81.4 cm³/mol. The Morgan fingerprint density at radius 2 is 2.10 bits per heavy atom. The van der Waals surface area contributed by atoms with Crippen molar-refractivity contribution in [3.05, 3.63) is 17.8 Å². The molecule has 2 unspecified atom stereocenters. The Balaban J connectivity index is 1.72. The summed E-state index contributed by atoms with van der Waals surface area (Å²) in [4.78, 5) is 17.8. The molecule has 0 aromatic carbocycles. The molecule has 3 rings (SSSR count). The monoisotopic (exact) mass is 290 g/mol. The lowest BCUT2D eigenvalue weighted by Crippen LogP contribution is -2.52. The predicted octanol–water partition coefficient (Wildman–Crippen LogP) is 1.79. The number of aromatic nitrogens is 1. The molecule has 2 aliphatic rings. The number of nitrogens with zero attached hydrogens (tertiary/aromatic N) is 2. The molecular formula is C15H22N4O2. The van der Waals surface area contributed by atoms with Gasteiger partial charge in [0, 0.05) is 18.1 Å². The fourth-order valence-electron chi connectivity index (χ4n) is 3.67. The summed E-state index contributed by atoms with van der Waals surface area (Å²) >= 11 is 0. The van der Waals surface area contributed by atoms with Gasteiger partial charge in [0.1, 0.15) is 5.82 Å². The molecule has 0 amide bonds. The van der Waals surface area contributed by atoms with Crippen LogP contribution in [-0.2, 0) is 0 Å². The van der Waals surface area contributed by atoms with E-state index in [1.165, 1.54) is 31.5 Å². The second kappa shape index (κ2) is 5.52. The maximum atomic E-state index is 11.1. The average Bonchev–Trinajstić information content (AvgIpc) is 2.42. The van der Waals surface area contributed by atoms with Gasteiger partial charge in [-0.15, -0.1) is 0 Å². The van der Waals surface area contributed by atoms with Crippen molar-refractivity contribution in [2.24, 2.45) is 0 Å². The zero-order chi connectivity index (χ0) is 15.0. The third-order valence-electron chi connectivity index (χ3n) is 4.86. The molecule has 0 spiro atoms. The van der Waals surface area contributed by atoms with E-state index in [1.807, 2.05) is 0 Å². The van der Waals surface area contributed by atoms with Gasteiger partial charge in [-0.05, 0) is 38.8 Å². The van der Waals surface area contributed by atoms with E-state index in [4.69, 9.17) is 10.8 Å². The summed E-state index contributed by atoms with van der Waals surface area (Å²) in [7, 11) is 2.22. The zero-order valence-electron chi connectivity index (χ0n) is 12.2. The van der Waals surface area contributed by atoms with E-state index >= 15 is 0 Å². The van der Waals surface area contributed by atoms with E-state index in [0.717, 1.165) is 12.8 Å². The third kappa shape index (κ3) is 2.81. The standard InChI is InChI=1S/C15H22N4O2/c1-19-10-3-2-4-11(19)6-9(5-10)18-14-7-12(15(20)21)13(16)8-17-14/h7-11H,2-6,16H2,1H3,(H,17,18)(H,20,21). The van der Waals surface area contributed by atoms with Crippen LogP contribution < -0.4 is 11.1 Å². The van der Waals surface area contributed by atoms with Gasteiger partial charge in [-0.1, -0.05) is 6.42 Å². The third-order valence-corrected chi connectivity index (χ3v) is 4.86. The highest BCUT2D eigenvalue weighted by Crippen LogP contribution is 2.33. The topological polar surface area (TPSA) is 91.5 Å². The van der Waals surface area contributed by atoms with Crippen LogP contribution in [0.4, 0.5) is 11.5 Å². The van der Waals surface area contributed by atoms with E-state index in [9.17, 15) is 4.79 Å². The molecule has 4 N–H and O–H groups in total. The summed E-state index contributed by atoms with van der Waals surface area (Å²) < 4.78 is 0. The number of nitrogens with two attached hydrogens (primary N) is 1. The van der Waals surface area contributed by atoms with Crippen LogP contribution in [0.3, 0.4) is 0 Å². The number of piperidine rings is 2. The van der Waals surface area contributed by atoms with E-state index in [0.29, 0.717) is 23.9 Å². The number of rotatable bonds is 3. The smallest absolute Gasteiger partial charge is 0.337 e. The van der Waals surface area contributed by atoms with Gasteiger partial charge in [-0.2, -0.15) is 0 Å². The molecule has 1 aromatic heterocycles. The van der Waals surface area contributed by atoms with Gasteiger partial charge in [0.25, 0.3) is 0 Å². The number of carboxylic acids is 1. The first-order chi connectivity index (χ1) is 10.0. The molecule has 3 heterocycles. The fraction of sp³-hybridized carbons (Fsp3) is 0.600. The van der Waals surface area contributed by atoms with Crippen molar-refractivity contribution in [3.63, 3.8) is 0 Å². The van der Waals surface area contributed by atoms with Crippen molar-refractivity contribution < 1.29 is 9.90 Å². The molecule has 21 heavy (non-hydrogen) atoms. The minimum atomic E-state index is -1.02. The quantitative estimate of drug-likeness (QED) is 0.786. The Labute approximate surface area is 124 Å². The minimum absolute atomic E-state index is 0.112. The summed E-state index contributed by atoms with van der Waals surface area (Å²) in [6.45, 7) is 0. The highest BCUT2D eigenvalue weighted by Gasteiger charge is 2.36. The highest BCUT2D eigenvalue weighted by atomic mass is 16.4. The normalized spacial score (nSPS) is 29.1. The van der Waals surface area contributed by atoms with Gasteiger partial charge in [0.05, 0.1) is 17.4 Å². The molecular weight excluding hydrogens is 268 g/mol. The van der Waals surface area contributed by atoms with Crippen molar-refractivity contribution in [1.29, 1.82) is 0 Å². The van der Waals surface area contributed by atoms with Crippen LogP contribution in [0.25, 0.3) is 0 Å². The van der Waals surface area contributed by atoms with Gasteiger partial charge in [0.2, 0.25) is 0 Å². The maximum absolute atomic E-state index is 11.1. The fourth-order valence-corrected chi connectivity index (χ4v) is 3.67. The van der Waals surface area contributed by atoms with Gasteiger partial charge < -0.3 is 21.1 Å². The number of carboxylic acid groups (broad SMARTS) is 1. The number of pyridine rings is 1. The van der Waals surface area contributed by atoms with Crippen molar-refractivity contribution in [2.45, 2.75) is 50.2 Å². The minimum Gasteiger partial charge on any atom is -0.478 e. The molecule has 114 valence electrons. The molecule has 2 bridgehead atoms. The van der Waals surface area contributed by atoms with Gasteiger partial charge >= 0.3 is 5.97 Å². The van der Waals surface area contributed by atoms with E-state index in [2.05, 4.69) is 22.2 Å². The van der Waals surface area contributed by atoms with Crippen LogP contribution in [0.2, 0.25) is 0 Å². The lowest BCUT2D eigenvalue weighted by Gasteiger charge is -2.47. The molecule has 2 aliphatic heterocycles. The summed E-state index contributed by atoms with van der Waals surface area (Å²) in [6, 6.07) is 3.14. The summed E-state index contributed by atoms with van der Waals surface area (Å²) in [5.41, 5.74) is 5.95. The first-order valence-corrected chi connectivity index (χ1v) is 7.52. The molecule has 2 fully saturated rings. The van der Waals surface area contributed by atoms with E-state index < -0.39 is 5.97 Å². The number of fused-ring (bicyclic) bond motifs is 2. The number of anilines is 2. The molecule has 2 saturated heterocycles. The van der Waals surface area contributed by atoms with E-state index in [-0.39, 0.29) is 11.3 Å². The first-order valence-electron chi connectivity index (χ1n) is 7.52. The Hall–Kier alpha value is -1.82. The van der Waals surface area contributed by atoms with Crippen LogP contribution in [-0.4, -0.2) is 46.1 Å². The number of aromatic carboxylic acids is 1. The molecule has 2 atom stereocenters. The first kappa shape index (κ1) is 14.1. The number of carbonyl (C=O) groups is 1. The number of nitrogen functional groups attached to an aromatic ring is 1. The summed E-state index contributed by atoms with van der Waals surface area (Å²) in [5, 5.41) is 12.5. The second-order valence-electron chi connectivity index (χ2n) is 6.18. The number of hydrogen-bond acceptors (Lipinski definition) is 5. The van der Waals surface area contributed by atoms with Gasteiger partial charge in [0.15, 0.2) is 0 Å². The van der Waals surface area contributed by atoms with Crippen LogP contribution in [0.1, 0.15) is 42.5 Å². The number of hydrogen-bond donors (Lipinski definition) is 3. The Morgan fingerprint density at radius 3 is 2.71 bits per heavy atom. The van der Waals surface area contributed by atoms with Crippen molar-refractivity contribution >= 4 is 17.5 Å². The van der Waals surface area contributed by atoms with Gasteiger partial charge in [-0.3, -0.25) is 0 Å². The van der Waals surface area contributed by atoms with Crippen molar-refractivity contribution in [2.75, 3.05) is 18.1 Å². The van der Waals surface area contributed by atoms with Crippen LogP contribution in [0, 0.1) is 0 Å². The summed E-state index contributed by atoms with van der Waals surface area (Å²) in [5.74, 6) is -0.410. The highest BCUT2D eigenvalue weighted by molar-refractivity contribution is 5.94. The zero-order valence-corrected chi connectivity index (χ0v) is 12.2. The molecule has 0 saturated carbocycles. The van der Waals surface area contributed by atoms with Crippen molar-refractivity contribution in [3.8, 4) is 0 Å². The molecule has 0 radical (unpaired) electrons. The largest absolute Gasteiger partial charge is 0.478 e. The Bertz CT molecular complexity index is 534. The number of nitrogens with one attached hydrogen (secondary N) is 1. The average molecular weight is 290 g/mol. The van der Waals surface area contributed by atoms with E-state index in [1.54, 1.807) is 0 Å². The lowest BCUT2D eigenvalue weighted by atomic mass is 9.82. The lowest BCUT2D eigenvalue weighted by molar-refractivity contribution is 0.0607. The Morgan fingerprint density at radius 1 is 1.43 bits per heavy atom. The molecule has 6 nitrogen and oxygen atoms in total. The molecule has 1 aromatic rings. The molecule has 6 heteroatoms. The molecule has 0 aliphatic carbocycles. The maximum Gasteiger partial charge on any atom is 0.337 e. The summed E-state index contributed by atoms with van der Waals surface area (Å²) in [6.07, 6.45) is 7.40. The van der Waals surface area contributed by atoms with Crippen LogP contribution in [0.15, 0.2) is 12.3 Å². The van der Waals surface area contributed by atoms with Crippen LogP contribution in [0.5, 0.6) is 0 Å².